The van der Waals surface area contributed by atoms with Gasteiger partial charge < -0.3 is 0 Å². The van der Waals surface area contributed by atoms with Gasteiger partial charge in [-0.05, 0) is 76.8 Å². The highest BCUT2D eigenvalue weighted by Crippen LogP contribution is 2.45. The van der Waals surface area contributed by atoms with Crippen molar-refractivity contribution in [2.75, 3.05) is 0 Å². The van der Waals surface area contributed by atoms with E-state index >= 15 is 0 Å². The van der Waals surface area contributed by atoms with Gasteiger partial charge in [-0.15, -0.1) is 0 Å². The predicted molar refractivity (Wildman–Crippen MR) is 132 cm³/mol. The van der Waals surface area contributed by atoms with E-state index in [-0.39, 0.29) is 0 Å². The standard InChI is InChI=1S/C30H38/c1-20(2)14-23-18-25(29-12-8-6-10-27(23)29)16-22(5)17-26-19-24(15-21(3)4)28-11-7-9-13-30(26)28/h6-13,18-22,25-26H,14-17H2,1-5H3. The second kappa shape index (κ2) is 8.96. The second-order valence-corrected chi connectivity index (χ2v) is 10.5. The lowest BCUT2D eigenvalue weighted by Gasteiger charge is -2.20. The molecule has 2 unspecified atom stereocenters. The lowest BCUT2D eigenvalue weighted by Crippen LogP contribution is -2.06. The monoisotopic (exact) mass is 398 g/mol. The Bertz CT molecular complexity index is 863. The van der Waals surface area contributed by atoms with Crippen LogP contribution >= 0.6 is 0 Å². The van der Waals surface area contributed by atoms with Gasteiger partial charge in [0.15, 0.2) is 0 Å². The minimum Gasteiger partial charge on any atom is -0.0731 e. The van der Waals surface area contributed by atoms with Crippen molar-refractivity contribution < 1.29 is 0 Å². The van der Waals surface area contributed by atoms with E-state index in [1.54, 1.807) is 22.3 Å². The molecule has 4 rings (SSSR count). The zero-order valence-electron chi connectivity index (χ0n) is 19.5. The fraction of sp³-hybridized carbons (Fsp3) is 0.467. The first-order valence-electron chi connectivity index (χ1n) is 12.0. The quantitative estimate of drug-likeness (QED) is 0.416. The Morgan fingerprint density at radius 2 is 1.00 bits per heavy atom. The van der Waals surface area contributed by atoms with Crippen molar-refractivity contribution in [3.63, 3.8) is 0 Å². The molecule has 2 aliphatic carbocycles. The topological polar surface area (TPSA) is 0 Å². The highest BCUT2D eigenvalue weighted by molar-refractivity contribution is 5.75. The molecule has 0 fully saturated rings. The third kappa shape index (κ3) is 4.48. The van der Waals surface area contributed by atoms with Crippen molar-refractivity contribution in [1.82, 2.24) is 0 Å². The van der Waals surface area contributed by atoms with Gasteiger partial charge in [0.25, 0.3) is 0 Å². The average molecular weight is 399 g/mol. The summed E-state index contributed by atoms with van der Waals surface area (Å²) >= 11 is 0. The molecule has 0 spiro atoms. The molecule has 158 valence electrons. The fourth-order valence-corrected chi connectivity index (χ4v) is 5.66. The van der Waals surface area contributed by atoms with Crippen molar-refractivity contribution >= 4 is 11.1 Å². The summed E-state index contributed by atoms with van der Waals surface area (Å²) < 4.78 is 0. The fourth-order valence-electron chi connectivity index (χ4n) is 5.66. The molecule has 0 saturated carbocycles. The van der Waals surface area contributed by atoms with Gasteiger partial charge in [-0.25, -0.2) is 0 Å². The van der Waals surface area contributed by atoms with Crippen LogP contribution in [0.15, 0.2) is 60.7 Å². The maximum absolute atomic E-state index is 2.59. The molecule has 2 aromatic carbocycles. The molecule has 0 heteroatoms. The molecular formula is C30H38. The largest absolute Gasteiger partial charge is 0.0731 e. The molecule has 0 aliphatic heterocycles. The Hall–Kier alpha value is -2.08. The third-order valence-electron chi connectivity index (χ3n) is 6.79. The molecule has 0 nitrogen and oxygen atoms in total. The minimum absolute atomic E-state index is 0.584. The average Bonchev–Trinajstić information content (AvgIpc) is 3.20. The summed E-state index contributed by atoms with van der Waals surface area (Å²) in [7, 11) is 0. The smallest absolute Gasteiger partial charge is 0.00325 e. The maximum Gasteiger partial charge on any atom is 0.00325 e. The predicted octanol–water partition coefficient (Wildman–Crippen LogP) is 8.86. The lowest BCUT2D eigenvalue weighted by molar-refractivity contribution is 0.454. The molecule has 0 saturated heterocycles. The number of hydrogen-bond donors (Lipinski definition) is 0. The van der Waals surface area contributed by atoms with E-state index in [4.69, 9.17) is 0 Å². The van der Waals surface area contributed by atoms with Gasteiger partial charge >= 0.3 is 0 Å². The van der Waals surface area contributed by atoms with Gasteiger partial charge in [0.2, 0.25) is 0 Å². The lowest BCUT2D eigenvalue weighted by atomic mass is 9.84. The first-order valence-corrected chi connectivity index (χ1v) is 12.0. The summed E-state index contributed by atoms with van der Waals surface area (Å²) in [5.41, 5.74) is 9.28. The van der Waals surface area contributed by atoms with Gasteiger partial charge in [-0.1, -0.05) is 95.3 Å². The molecule has 30 heavy (non-hydrogen) atoms. The summed E-state index contributed by atoms with van der Waals surface area (Å²) in [6, 6.07) is 18.2. The summed E-state index contributed by atoms with van der Waals surface area (Å²) in [6.07, 6.45) is 10.1. The number of rotatable bonds is 8. The van der Waals surface area contributed by atoms with Crippen LogP contribution in [0, 0.1) is 17.8 Å². The van der Waals surface area contributed by atoms with E-state index in [0.29, 0.717) is 29.6 Å². The van der Waals surface area contributed by atoms with Crippen LogP contribution in [0.1, 0.15) is 94.4 Å². The van der Waals surface area contributed by atoms with E-state index in [2.05, 4.69) is 95.3 Å². The zero-order chi connectivity index (χ0) is 21.3. The van der Waals surface area contributed by atoms with Crippen LogP contribution in [-0.2, 0) is 0 Å². The molecule has 2 atom stereocenters. The molecular weight excluding hydrogens is 360 g/mol. The van der Waals surface area contributed by atoms with Gasteiger partial charge in [-0.2, -0.15) is 0 Å². The molecule has 0 heterocycles. The first kappa shape index (κ1) is 21.2. The second-order valence-electron chi connectivity index (χ2n) is 10.5. The van der Waals surface area contributed by atoms with Crippen LogP contribution in [0.2, 0.25) is 0 Å². The van der Waals surface area contributed by atoms with E-state index in [0.717, 1.165) is 0 Å². The van der Waals surface area contributed by atoms with Crippen molar-refractivity contribution in [3.05, 3.63) is 82.9 Å². The molecule has 0 N–H and O–H groups in total. The molecule has 0 radical (unpaired) electrons. The van der Waals surface area contributed by atoms with Gasteiger partial charge in [-0.3, -0.25) is 0 Å². The van der Waals surface area contributed by atoms with E-state index in [1.165, 1.54) is 36.8 Å². The number of fused-ring (bicyclic) bond motifs is 2. The van der Waals surface area contributed by atoms with Crippen LogP contribution in [0.25, 0.3) is 11.1 Å². The summed E-state index contributed by atoms with van der Waals surface area (Å²) in [4.78, 5) is 0. The van der Waals surface area contributed by atoms with Crippen molar-refractivity contribution in [3.8, 4) is 0 Å². The SMILES string of the molecule is CC(C)CC1=CC(CC(C)CC2C=C(CC(C)C)c3ccccc32)c2ccccc21. The molecule has 2 aliphatic rings. The minimum atomic E-state index is 0.584. The van der Waals surface area contributed by atoms with Crippen LogP contribution in [0.4, 0.5) is 0 Å². The highest BCUT2D eigenvalue weighted by atomic mass is 14.3. The van der Waals surface area contributed by atoms with E-state index < -0.39 is 0 Å². The Labute approximate surface area is 184 Å². The first-order chi connectivity index (χ1) is 14.4. The third-order valence-corrected chi connectivity index (χ3v) is 6.79. The van der Waals surface area contributed by atoms with Crippen molar-refractivity contribution in [2.24, 2.45) is 17.8 Å². The Balaban J connectivity index is 1.49. The van der Waals surface area contributed by atoms with Crippen LogP contribution in [0.5, 0.6) is 0 Å². The molecule has 0 bridgehead atoms. The summed E-state index contributed by atoms with van der Waals surface area (Å²) in [6.45, 7) is 11.8. The van der Waals surface area contributed by atoms with Crippen LogP contribution < -0.4 is 0 Å². The van der Waals surface area contributed by atoms with Crippen LogP contribution in [-0.4, -0.2) is 0 Å². The number of benzene rings is 2. The number of hydrogen-bond acceptors (Lipinski definition) is 0. The van der Waals surface area contributed by atoms with Crippen molar-refractivity contribution in [1.29, 1.82) is 0 Å². The van der Waals surface area contributed by atoms with E-state index in [9.17, 15) is 0 Å². The van der Waals surface area contributed by atoms with E-state index in [1.807, 2.05) is 0 Å². The van der Waals surface area contributed by atoms with Gasteiger partial charge in [0.1, 0.15) is 0 Å². The van der Waals surface area contributed by atoms with Crippen LogP contribution in [0.3, 0.4) is 0 Å². The molecule has 2 aromatic rings. The number of allylic oxidation sites excluding steroid dienone is 4. The highest BCUT2D eigenvalue weighted by Gasteiger charge is 2.28. The van der Waals surface area contributed by atoms with Gasteiger partial charge in [0, 0.05) is 11.8 Å². The van der Waals surface area contributed by atoms with Gasteiger partial charge in [0.05, 0.1) is 0 Å². The zero-order valence-corrected chi connectivity index (χ0v) is 19.5. The van der Waals surface area contributed by atoms with Crippen molar-refractivity contribution in [2.45, 2.75) is 72.1 Å². The normalized spacial score (nSPS) is 20.9. The Morgan fingerprint density at radius 1 is 0.600 bits per heavy atom. The summed E-state index contributed by atoms with van der Waals surface area (Å²) in [5.74, 6) is 3.28. The maximum atomic E-state index is 2.59. The molecule has 0 amide bonds. The Morgan fingerprint density at radius 3 is 1.40 bits per heavy atom. The summed E-state index contributed by atoms with van der Waals surface area (Å²) in [5, 5.41) is 0. The molecule has 0 aromatic heterocycles. The Kier molecular flexibility index (Phi) is 6.32.